The van der Waals surface area contributed by atoms with Crippen LogP contribution in [0.4, 0.5) is 23.1 Å². The molecule has 2 fully saturated rings. The molecule has 4 aromatic rings. The van der Waals surface area contributed by atoms with Gasteiger partial charge in [0.15, 0.2) is 11.6 Å². The van der Waals surface area contributed by atoms with Crippen molar-refractivity contribution >= 4 is 29.0 Å². The van der Waals surface area contributed by atoms with Gasteiger partial charge in [-0.1, -0.05) is 18.2 Å². The predicted molar refractivity (Wildman–Crippen MR) is 155 cm³/mol. The Balaban J connectivity index is 1.01. The van der Waals surface area contributed by atoms with Gasteiger partial charge in [0.25, 0.3) is 0 Å². The highest BCUT2D eigenvalue weighted by molar-refractivity contribution is 5.92. The summed E-state index contributed by atoms with van der Waals surface area (Å²) in [6, 6.07) is 18.3. The maximum Gasteiger partial charge on any atom is 0.228 e. The molecule has 2 saturated heterocycles. The van der Waals surface area contributed by atoms with E-state index in [2.05, 4.69) is 69.5 Å². The lowest BCUT2D eigenvalue weighted by atomic mass is 9.96. The number of benzene rings is 1. The first-order valence-corrected chi connectivity index (χ1v) is 13.8. The smallest absolute Gasteiger partial charge is 0.228 e. The first-order chi connectivity index (χ1) is 19.5. The Morgan fingerprint density at radius 2 is 1.45 bits per heavy atom. The number of rotatable bonds is 6. The Hall–Kier alpha value is -4.54. The Morgan fingerprint density at radius 1 is 0.775 bits per heavy atom. The van der Waals surface area contributed by atoms with Gasteiger partial charge in [-0.25, -0.2) is 14.6 Å². The van der Waals surface area contributed by atoms with Gasteiger partial charge in [0, 0.05) is 62.6 Å². The molecule has 0 saturated carbocycles. The summed E-state index contributed by atoms with van der Waals surface area (Å²) in [5.74, 6) is 2.84. The van der Waals surface area contributed by atoms with Crippen LogP contribution in [-0.2, 0) is 4.79 Å². The number of aromatic nitrogens is 6. The Morgan fingerprint density at radius 3 is 2.12 bits per heavy atom. The molecule has 5 heterocycles. The zero-order valence-electron chi connectivity index (χ0n) is 22.9. The van der Waals surface area contributed by atoms with Gasteiger partial charge in [-0.05, 0) is 57.0 Å². The van der Waals surface area contributed by atoms with Crippen LogP contribution in [0.5, 0.6) is 0 Å². The summed E-state index contributed by atoms with van der Waals surface area (Å²) in [6.07, 6.45) is 3.02. The van der Waals surface area contributed by atoms with Crippen molar-refractivity contribution in [1.82, 2.24) is 29.9 Å². The monoisotopic (exact) mass is 538 g/mol. The van der Waals surface area contributed by atoms with E-state index in [0.717, 1.165) is 75.1 Å². The summed E-state index contributed by atoms with van der Waals surface area (Å²) in [4.78, 5) is 28.7. The summed E-state index contributed by atoms with van der Waals surface area (Å²) in [5.41, 5.74) is 3.21. The van der Waals surface area contributed by atoms with E-state index in [0.29, 0.717) is 11.6 Å². The molecule has 2 aliphatic rings. The van der Waals surface area contributed by atoms with Gasteiger partial charge in [0.1, 0.15) is 18.0 Å². The molecule has 1 N–H and O–H groups in total. The Labute approximate surface area is 233 Å². The third kappa shape index (κ3) is 5.58. The number of para-hydroxylation sites is 1. The number of aryl methyl sites for hydroxylation is 2. The first-order valence-electron chi connectivity index (χ1n) is 13.8. The van der Waals surface area contributed by atoms with Gasteiger partial charge in [0.2, 0.25) is 5.91 Å². The molecule has 0 spiro atoms. The molecule has 3 aromatic heterocycles. The van der Waals surface area contributed by atoms with Gasteiger partial charge in [-0.15, -0.1) is 10.2 Å². The number of amides is 1. The van der Waals surface area contributed by atoms with Crippen LogP contribution in [0.15, 0.2) is 60.9 Å². The number of nitrogens with one attached hydrogen (secondary N) is 1. The largest absolute Gasteiger partial charge is 0.368 e. The van der Waals surface area contributed by atoms with Gasteiger partial charge in [-0.3, -0.25) is 4.79 Å². The average molecular weight is 539 g/mol. The second-order valence-electron chi connectivity index (χ2n) is 10.4. The number of carbonyl (C=O) groups is 1. The van der Waals surface area contributed by atoms with E-state index in [9.17, 15) is 4.79 Å². The second kappa shape index (κ2) is 11.3. The Bertz CT molecular complexity index is 1440. The molecule has 40 heavy (non-hydrogen) atoms. The van der Waals surface area contributed by atoms with Crippen molar-refractivity contribution in [2.45, 2.75) is 26.7 Å². The minimum Gasteiger partial charge on any atom is -0.368 e. The van der Waals surface area contributed by atoms with E-state index in [4.69, 9.17) is 0 Å². The van der Waals surface area contributed by atoms with Crippen LogP contribution in [-0.4, -0.2) is 75.1 Å². The van der Waals surface area contributed by atoms with Crippen molar-refractivity contribution in [3.05, 3.63) is 72.3 Å². The van der Waals surface area contributed by atoms with E-state index < -0.39 is 0 Å². The molecular formula is C29H34N10O. The van der Waals surface area contributed by atoms with Gasteiger partial charge in [-0.2, -0.15) is 5.10 Å². The van der Waals surface area contributed by atoms with E-state index in [1.165, 1.54) is 12.0 Å². The molecule has 0 bridgehead atoms. The molecule has 0 radical (unpaired) electrons. The lowest BCUT2D eigenvalue weighted by molar-refractivity contribution is -0.120. The lowest BCUT2D eigenvalue weighted by Gasteiger charge is -2.36. The van der Waals surface area contributed by atoms with Crippen LogP contribution in [0.1, 0.15) is 24.2 Å². The minimum atomic E-state index is -0.0778. The summed E-state index contributed by atoms with van der Waals surface area (Å²) in [5, 5.41) is 16.3. The number of piperidine rings is 1. The lowest BCUT2D eigenvalue weighted by Crippen LogP contribution is -2.46. The maximum atomic E-state index is 13.1. The van der Waals surface area contributed by atoms with Crippen molar-refractivity contribution in [2.75, 3.05) is 59.3 Å². The zero-order chi connectivity index (χ0) is 27.5. The van der Waals surface area contributed by atoms with Crippen molar-refractivity contribution in [3.8, 4) is 5.82 Å². The highest BCUT2D eigenvalue weighted by Crippen LogP contribution is 2.24. The van der Waals surface area contributed by atoms with Crippen LogP contribution < -0.4 is 20.0 Å². The van der Waals surface area contributed by atoms with Crippen LogP contribution >= 0.6 is 0 Å². The van der Waals surface area contributed by atoms with E-state index in [1.807, 2.05) is 44.2 Å². The number of anilines is 4. The summed E-state index contributed by atoms with van der Waals surface area (Å²) >= 11 is 0. The topological polar surface area (TPSA) is 108 Å². The molecule has 0 aliphatic carbocycles. The normalized spacial score (nSPS) is 16.3. The fourth-order valence-electron chi connectivity index (χ4n) is 5.48. The summed E-state index contributed by atoms with van der Waals surface area (Å²) in [7, 11) is 0. The molecule has 6 rings (SSSR count). The molecule has 206 valence electrons. The van der Waals surface area contributed by atoms with Crippen molar-refractivity contribution in [1.29, 1.82) is 0 Å². The molecule has 0 unspecified atom stereocenters. The Kier molecular flexibility index (Phi) is 7.26. The third-order valence-electron chi connectivity index (χ3n) is 7.68. The molecule has 1 aromatic carbocycles. The molecule has 1 amide bonds. The first kappa shape index (κ1) is 25.7. The standard InChI is InChI=1S/C29H34N10O/c1-21-18-22(2)39(35-21)27-9-8-26(33-34-27)37-12-10-23(11-13-37)29(40)32-25-19-28(31-20-30-25)38-16-14-36(15-17-38)24-6-4-3-5-7-24/h3-9,18-20,23H,10-17H2,1-2H3,(H,30,31,32,40). The van der Waals surface area contributed by atoms with E-state index in [1.54, 1.807) is 4.68 Å². The molecule has 11 nitrogen and oxygen atoms in total. The number of piperazine rings is 1. The number of carbonyl (C=O) groups excluding carboxylic acids is 1. The minimum absolute atomic E-state index is 0.00385. The SMILES string of the molecule is Cc1cc(C)n(-c2ccc(N3CCC(C(=O)Nc4cc(N5CCN(c6ccccc6)CC5)ncn4)CC3)nn2)n1. The molecule has 0 atom stereocenters. The highest BCUT2D eigenvalue weighted by atomic mass is 16.2. The fourth-order valence-corrected chi connectivity index (χ4v) is 5.48. The molecule has 11 heteroatoms. The second-order valence-corrected chi connectivity index (χ2v) is 10.4. The van der Waals surface area contributed by atoms with Gasteiger partial charge >= 0.3 is 0 Å². The van der Waals surface area contributed by atoms with Gasteiger partial charge in [0.05, 0.1) is 5.69 Å². The van der Waals surface area contributed by atoms with Crippen molar-refractivity contribution in [3.63, 3.8) is 0 Å². The molecular weight excluding hydrogens is 504 g/mol. The summed E-state index contributed by atoms with van der Waals surface area (Å²) in [6.45, 7) is 9.02. The quantitative estimate of drug-likeness (QED) is 0.396. The van der Waals surface area contributed by atoms with Crippen LogP contribution in [0.3, 0.4) is 0 Å². The number of hydrogen-bond donors (Lipinski definition) is 1. The third-order valence-corrected chi connectivity index (χ3v) is 7.68. The highest BCUT2D eigenvalue weighted by Gasteiger charge is 2.27. The van der Waals surface area contributed by atoms with Crippen LogP contribution in [0, 0.1) is 19.8 Å². The van der Waals surface area contributed by atoms with Crippen molar-refractivity contribution < 1.29 is 4.79 Å². The van der Waals surface area contributed by atoms with Gasteiger partial charge < -0.3 is 20.0 Å². The van der Waals surface area contributed by atoms with E-state index in [-0.39, 0.29) is 11.8 Å². The maximum absolute atomic E-state index is 13.1. The number of nitrogens with zero attached hydrogens (tertiary/aromatic N) is 9. The predicted octanol–water partition coefficient (Wildman–Crippen LogP) is 3.25. The van der Waals surface area contributed by atoms with Crippen molar-refractivity contribution in [2.24, 2.45) is 5.92 Å². The fraction of sp³-hybridized carbons (Fsp3) is 0.379. The molecule has 2 aliphatic heterocycles. The van der Waals surface area contributed by atoms with Crippen LogP contribution in [0.2, 0.25) is 0 Å². The van der Waals surface area contributed by atoms with Crippen LogP contribution in [0.25, 0.3) is 5.82 Å². The average Bonchev–Trinajstić information content (AvgIpc) is 3.35. The summed E-state index contributed by atoms with van der Waals surface area (Å²) < 4.78 is 1.80. The number of hydrogen-bond acceptors (Lipinski definition) is 9. The zero-order valence-corrected chi connectivity index (χ0v) is 22.9. The van der Waals surface area contributed by atoms with E-state index >= 15 is 0 Å².